The number of nitrogens with two attached hydrogens (primary N) is 1. The molecule has 0 saturated carbocycles. The third kappa shape index (κ3) is 2.78. The number of primary amides is 1. The van der Waals surface area contributed by atoms with Gasteiger partial charge in [0.25, 0.3) is 5.91 Å². The fraction of sp³-hybridized carbons (Fsp3) is 0. The van der Waals surface area contributed by atoms with Gasteiger partial charge in [0, 0.05) is 12.4 Å². The topological polar surface area (TPSA) is 56.0 Å². The lowest BCUT2D eigenvalue weighted by molar-refractivity contribution is 0.1000. The standard InChI is InChI=1S/C14H12N2O/c15-14(17)13-10-16-9-8-12(13)7-6-11-4-2-1-3-5-11/h1-10H,(H2,15,17)/b7-6-. The monoisotopic (exact) mass is 224 g/mol. The minimum Gasteiger partial charge on any atom is -0.366 e. The molecule has 0 radical (unpaired) electrons. The molecule has 2 aromatic rings. The lowest BCUT2D eigenvalue weighted by Gasteiger charge is -2.00. The predicted octanol–water partition coefficient (Wildman–Crippen LogP) is 2.35. The lowest BCUT2D eigenvalue weighted by Crippen LogP contribution is -2.12. The normalized spacial score (nSPS) is 10.6. The Balaban J connectivity index is 2.30. The van der Waals surface area contributed by atoms with E-state index in [1.807, 2.05) is 42.5 Å². The zero-order valence-corrected chi connectivity index (χ0v) is 9.21. The summed E-state index contributed by atoms with van der Waals surface area (Å²) in [6.45, 7) is 0. The highest BCUT2D eigenvalue weighted by Gasteiger charge is 2.04. The molecule has 0 bridgehead atoms. The van der Waals surface area contributed by atoms with Gasteiger partial charge in [0.15, 0.2) is 0 Å². The van der Waals surface area contributed by atoms with Crippen LogP contribution in [0.3, 0.4) is 0 Å². The van der Waals surface area contributed by atoms with E-state index >= 15 is 0 Å². The van der Waals surface area contributed by atoms with Crippen molar-refractivity contribution in [2.75, 3.05) is 0 Å². The number of aromatic nitrogens is 1. The molecule has 0 fully saturated rings. The van der Waals surface area contributed by atoms with E-state index < -0.39 is 5.91 Å². The van der Waals surface area contributed by atoms with Crippen LogP contribution in [0.2, 0.25) is 0 Å². The largest absolute Gasteiger partial charge is 0.366 e. The molecular formula is C14H12N2O. The van der Waals surface area contributed by atoms with Crippen LogP contribution < -0.4 is 5.73 Å². The molecular weight excluding hydrogens is 212 g/mol. The van der Waals surface area contributed by atoms with E-state index in [1.54, 1.807) is 12.3 Å². The van der Waals surface area contributed by atoms with Gasteiger partial charge in [-0.2, -0.15) is 0 Å². The number of rotatable bonds is 3. The van der Waals surface area contributed by atoms with E-state index in [1.165, 1.54) is 6.20 Å². The van der Waals surface area contributed by atoms with E-state index in [-0.39, 0.29) is 0 Å². The Bertz CT molecular complexity index is 547. The number of amides is 1. The maximum Gasteiger partial charge on any atom is 0.250 e. The molecule has 0 saturated heterocycles. The van der Waals surface area contributed by atoms with Gasteiger partial charge in [-0.1, -0.05) is 42.5 Å². The average Bonchev–Trinajstić information content (AvgIpc) is 2.38. The molecule has 0 spiro atoms. The third-order valence-electron chi connectivity index (χ3n) is 2.38. The summed E-state index contributed by atoms with van der Waals surface area (Å²) in [5.74, 6) is -0.467. The first-order chi connectivity index (χ1) is 8.27. The second-order valence-corrected chi connectivity index (χ2v) is 3.57. The highest BCUT2D eigenvalue weighted by atomic mass is 16.1. The molecule has 0 aliphatic rings. The van der Waals surface area contributed by atoms with Crippen LogP contribution in [0, 0.1) is 0 Å². The number of hydrogen-bond donors (Lipinski definition) is 1. The van der Waals surface area contributed by atoms with Crippen molar-refractivity contribution in [1.29, 1.82) is 0 Å². The van der Waals surface area contributed by atoms with Crippen LogP contribution >= 0.6 is 0 Å². The summed E-state index contributed by atoms with van der Waals surface area (Å²) < 4.78 is 0. The first-order valence-electron chi connectivity index (χ1n) is 5.24. The molecule has 1 aromatic carbocycles. The van der Waals surface area contributed by atoms with Crippen molar-refractivity contribution in [1.82, 2.24) is 4.98 Å². The summed E-state index contributed by atoms with van der Waals surface area (Å²) in [6.07, 6.45) is 6.91. The molecule has 2 N–H and O–H groups in total. The van der Waals surface area contributed by atoms with Crippen molar-refractivity contribution in [3.05, 3.63) is 65.5 Å². The fourth-order valence-corrected chi connectivity index (χ4v) is 1.51. The minimum absolute atomic E-state index is 0.430. The van der Waals surface area contributed by atoms with Crippen LogP contribution in [0.15, 0.2) is 48.8 Å². The molecule has 1 aromatic heterocycles. The van der Waals surface area contributed by atoms with Crippen LogP contribution in [0.4, 0.5) is 0 Å². The second-order valence-electron chi connectivity index (χ2n) is 3.57. The van der Waals surface area contributed by atoms with Gasteiger partial charge in [0.1, 0.15) is 0 Å². The van der Waals surface area contributed by atoms with Crippen molar-refractivity contribution in [3.63, 3.8) is 0 Å². The number of carbonyl (C=O) groups is 1. The lowest BCUT2D eigenvalue weighted by atomic mass is 10.1. The number of carbonyl (C=O) groups excluding carboxylic acids is 1. The number of hydrogen-bond acceptors (Lipinski definition) is 2. The Morgan fingerprint density at radius 2 is 1.88 bits per heavy atom. The summed E-state index contributed by atoms with van der Waals surface area (Å²) in [7, 11) is 0. The number of benzene rings is 1. The highest BCUT2D eigenvalue weighted by Crippen LogP contribution is 2.11. The van der Waals surface area contributed by atoms with Gasteiger partial charge in [-0.15, -0.1) is 0 Å². The second kappa shape index (κ2) is 5.07. The number of nitrogens with zero attached hydrogens (tertiary/aromatic N) is 1. The molecule has 84 valence electrons. The van der Waals surface area contributed by atoms with Crippen molar-refractivity contribution >= 4 is 18.1 Å². The van der Waals surface area contributed by atoms with E-state index in [0.29, 0.717) is 5.56 Å². The zero-order valence-electron chi connectivity index (χ0n) is 9.21. The smallest absolute Gasteiger partial charge is 0.250 e. The van der Waals surface area contributed by atoms with Gasteiger partial charge in [-0.25, -0.2) is 0 Å². The average molecular weight is 224 g/mol. The molecule has 2 rings (SSSR count). The van der Waals surface area contributed by atoms with E-state index in [4.69, 9.17) is 5.73 Å². The zero-order chi connectivity index (χ0) is 12.1. The molecule has 17 heavy (non-hydrogen) atoms. The van der Waals surface area contributed by atoms with Crippen LogP contribution in [0.25, 0.3) is 12.2 Å². The van der Waals surface area contributed by atoms with Crippen LogP contribution in [-0.4, -0.2) is 10.9 Å². The van der Waals surface area contributed by atoms with Crippen molar-refractivity contribution < 1.29 is 4.79 Å². The van der Waals surface area contributed by atoms with Gasteiger partial charge >= 0.3 is 0 Å². The first-order valence-corrected chi connectivity index (χ1v) is 5.24. The SMILES string of the molecule is NC(=O)c1cnccc1/C=C\c1ccccc1. The van der Waals surface area contributed by atoms with E-state index in [2.05, 4.69) is 4.98 Å². The van der Waals surface area contributed by atoms with Gasteiger partial charge in [-0.05, 0) is 17.2 Å². The van der Waals surface area contributed by atoms with Crippen molar-refractivity contribution in [2.45, 2.75) is 0 Å². The van der Waals surface area contributed by atoms with Crippen molar-refractivity contribution in [3.8, 4) is 0 Å². The molecule has 1 heterocycles. The molecule has 1 amide bonds. The fourth-order valence-electron chi connectivity index (χ4n) is 1.51. The summed E-state index contributed by atoms with van der Waals surface area (Å²) in [6, 6.07) is 11.6. The Morgan fingerprint density at radius 3 is 2.59 bits per heavy atom. The van der Waals surface area contributed by atoms with E-state index in [9.17, 15) is 4.79 Å². The predicted molar refractivity (Wildman–Crippen MR) is 68.1 cm³/mol. The minimum atomic E-state index is -0.467. The van der Waals surface area contributed by atoms with Crippen LogP contribution in [0.1, 0.15) is 21.5 Å². The van der Waals surface area contributed by atoms with Gasteiger partial charge in [-0.3, -0.25) is 9.78 Å². The third-order valence-corrected chi connectivity index (χ3v) is 2.38. The molecule has 0 atom stereocenters. The summed E-state index contributed by atoms with van der Waals surface area (Å²) in [4.78, 5) is 15.1. The summed E-state index contributed by atoms with van der Waals surface area (Å²) in [5, 5.41) is 0. The molecule has 3 heteroatoms. The maximum absolute atomic E-state index is 11.2. The number of pyridine rings is 1. The highest BCUT2D eigenvalue weighted by molar-refractivity contribution is 5.97. The Hall–Kier alpha value is -2.42. The van der Waals surface area contributed by atoms with E-state index in [0.717, 1.165) is 11.1 Å². The Labute approximate surface area is 99.6 Å². The quantitative estimate of drug-likeness (QED) is 0.870. The van der Waals surface area contributed by atoms with Gasteiger partial charge in [0.05, 0.1) is 5.56 Å². The maximum atomic E-state index is 11.2. The van der Waals surface area contributed by atoms with Gasteiger partial charge < -0.3 is 5.73 Å². The summed E-state index contributed by atoms with van der Waals surface area (Å²) in [5.41, 5.74) is 7.54. The van der Waals surface area contributed by atoms with Crippen LogP contribution in [0.5, 0.6) is 0 Å². The Morgan fingerprint density at radius 1 is 1.12 bits per heavy atom. The van der Waals surface area contributed by atoms with Gasteiger partial charge in [0.2, 0.25) is 0 Å². The molecule has 3 nitrogen and oxygen atoms in total. The first kappa shape index (κ1) is 11.1. The molecule has 0 aliphatic heterocycles. The Kier molecular flexibility index (Phi) is 3.31. The molecule has 0 aliphatic carbocycles. The van der Waals surface area contributed by atoms with Crippen LogP contribution in [-0.2, 0) is 0 Å². The molecule has 0 unspecified atom stereocenters. The summed E-state index contributed by atoms with van der Waals surface area (Å²) >= 11 is 0. The van der Waals surface area contributed by atoms with Crippen molar-refractivity contribution in [2.24, 2.45) is 5.73 Å².